The van der Waals surface area contributed by atoms with Crippen LogP contribution in [0.5, 0.6) is 0 Å². The van der Waals surface area contributed by atoms with Crippen molar-refractivity contribution in [3.05, 3.63) is 0 Å². The van der Waals surface area contributed by atoms with Crippen LogP contribution in [-0.2, 0) is 9.59 Å². The molecule has 0 heterocycles. The average Bonchev–Trinajstić information content (AvgIpc) is 1.63. The van der Waals surface area contributed by atoms with E-state index in [1.807, 2.05) is 0 Å². The van der Waals surface area contributed by atoms with Crippen LogP contribution in [0.4, 0.5) is 0 Å². The lowest BCUT2D eigenvalue weighted by Gasteiger charge is -2.00. The van der Waals surface area contributed by atoms with Crippen molar-refractivity contribution in [2.24, 2.45) is 11.5 Å². The molecule has 0 radical (unpaired) electrons. The van der Waals surface area contributed by atoms with E-state index in [2.05, 4.69) is 11.5 Å². The molecule has 10 heavy (non-hydrogen) atoms. The summed E-state index contributed by atoms with van der Waals surface area (Å²) in [5.41, 5.74) is 9.21. The first-order valence-corrected chi connectivity index (χ1v) is 2.29. The summed E-state index contributed by atoms with van der Waals surface area (Å²) in [6, 6.07) is 0. The van der Waals surface area contributed by atoms with E-state index in [1.165, 1.54) is 0 Å². The van der Waals surface area contributed by atoms with Gasteiger partial charge in [0.1, 0.15) is 6.10 Å². The van der Waals surface area contributed by atoms with E-state index in [0.717, 1.165) is 0 Å². The summed E-state index contributed by atoms with van der Waals surface area (Å²) in [5, 5.41) is 8.52. The van der Waals surface area contributed by atoms with Crippen molar-refractivity contribution in [2.45, 2.75) is 12.5 Å². The van der Waals surface area contributed by atoms with Gasteiger partial charge in [0.25, 0.3) is 0 Å². The van der Waals surface area contributed by atoms with E-state index in [4.69, 9.17) is 5.11 Å². The van der Waals surface area contributed by atoms with Crippen LogP contribution >= 0.6 is 0 Å². The number of rotatable bonds is 3. The summed E-state index contributed by atoms with van der Waals surface area (Å²) in [6.45, 7) is 0. The quantitative estimate of drug-likeness (QED) is 0.363. The first kappa shape index (κ1) is 11.6. The number of aliphatic hydroxyl groups is 1. The molecule has 6 nitrogen and oxygen atoms in total. The highest BCUT2D eigenvalue weighted by atomic mass is 16.3. The highest BCUT2D eigenvalue weighted by Gasteiger charge is 2.12. The maximum Gasteiger partial charge on any atom is 0.246 e. The molecule has 0 aliphatic heterocycles. The van der Waals surface area contributed by atoms with Crippen molar-refractivity contribution in [1.82, 2.24) is 6.15 Å². The van der Waals surface area contributed by atoms with Crippen molar-refractivity contribution in [2.75, 3.05) is 0 Å². The molecule has 0 aromatic rings. The predicted molar refractivity (Wildman–Crippen MR) is 34.0 cm³/mol. The van der Waals surface area contributed by atoms with Gasteiger partial charge in [-0.05, 0) is 0 Å². The second-order valence-electron chi connectivity index (χ2n) is 1.59. The van der Waals surface area contributed by atoms with Crippen LogP contribution in [0.3, 0.4) is 0 Å². The monoisotopic (exact) mass is 149 g/mol. The van der Waals surface area contributed by atoms with E-state index in [0.29, 0.717) is 0 Å². The average molecular weight is 149 g/mol. The molecule has 0 aliphatic carbocycles. The van der Waals surface area contributed by atoms with Crippen LogP contribution in [0.1, 0.15) is 6.42 Å². The lowest BCUT2D eigenvalue weighted by atomic mass is 10.2. The zero-order valence-corrected chi connectivity index (χ0v) is 5.41. The Hall–Kier alpha value is -1.14. The Balaban J connectivity index is 0. The van der Waals surface area contributed by atoms with Crippen LogP contribution in [0.25, 0.3) is 0 Å². The minimum absolute atomic E-state index is 0. The van der Waals surface area contributed by atoms with Gasteiger partial charge in [0.15, 0.2) is 0 Å². The Labute approximate surface area is 57.8 Å². The summed E-state index contributed by atoms with van der Waals surface area (Å²) in [7, 11) is 0. The Bertz CT molecular complexity index is 136. The lowest BCUT2D eigenvalue weighted by molar-refractivity contribution is -0.131. The molecule has 0 fully saturated rings. The molecule has 0 saturated heterocycles. The first-order valence-electron chi connectivity index (χ1n) is 2.29. The third-order valence-electron chi connectivity index (χ3n) is 0.723. The molecule has 0 aromatic heterocycles. The zero-order valence-electron chi connectivity index (χ0n) is 5.41. The number of primary amides is 2. The van der Waals surface area contributed by atoms with Gasteiger partial charge in [-0.1, -0.05) is 0 Å². The second-order valence-corrected chi connectivity index (χ2v) is 1.59. The smallest absolute Gasteiger partial charge is 0.246 e. The third kappa shape index (κ3) is 5.01. The van der Waals surface area contributed by atoms with Crippen LogP contribution < -0.4 is 17.6 Å². The molecular weight excluding hydrogens is 138 g/mol. The number of hydrogen-bond donors (Lipinski definition) is 4. The van der Waals surface area contributed by atoms with Gasteiger partial charge in [-0.25, -0.2) is 0 Å². The van der Waals surface area contributed by atoms with Gasteiger partial charge in [0.05, 0.1) is 6.42 Å². The number of hydrogen-bond acceptors (Lipinski definition) is 4. The number of nitrogens with two attached hydrogens (primary N) is 2. The van der Waals surface area contributed by atoms with E-state index >= 15 is 0 Å². The van der Waals surface area contributed by atoms with Crippen LogP contribution in [0, 0.1) is 0 Å². The van der Waals surface area contributed by atoms with Gasteiger partial charge in [-0.15, -0.1) is 0 Å². The molecule has 0 bridgehead atoms. The van der Waals surface area contributed by atoms with Crippen molar-refractivity contribution >= 4 is 11.8 Å². The van der Waals surface area contributed by atoms with E-state index in [9.17, 15) is 9.59 Å². The molecule has 1 atom stereocenters. The fraction of sp³-hybridized carbons (Fsp3) is 0.500. The molecule has 0 saturated carbocycles. The molecular formula is C4H11N3O3. The largest absolute Gasteiger partial charge is 0.383 e. The summed E-state index contributed by atoms with van der Waals surface area (Å²) in [5.74, 6) is -1.69. The minimum atomic E-state index is -1.44. The highest BCUT2D eigenvalue weighted by Crippen LogP contribution is 1.86. The molecule has 0 aromatic carbocycles. The Morgan fingerprint density at radius 3 is 1.90 bits per heavy atom. The van der Waals surface area contributed by atoms with Gasteiger partial charge < -0.3 is 22.7 Å². The Morgan fingerprint density at radius 1 is 1.40 bits per heavy atom. The lowest BCUT2D eigenvalue weighted by Crippen LogP contribution is -2.32. The van der Waals surface area contributed by atoms with Crippen LogP contribution in [-0.4, -0.2) is 23.0 Å². The van der Waals surface area contributed by atoms with E-state index < -0.39 is 24.3 Å². The Kier molecular flexibility index (Phi) is 5.48. The highest BCUT2D eigenvalue weighted by molar-refractivity contribution is 5.85. The molecule has 6 heteroatoms. The summed E-state index contributed by atoms with van der Waals surface area (Å²) >= 11 is 0. The first-order chi connectivity index (χ1) is 4.04. The molecule has 2 amide bonds. The fourth-order valence-electron chi connectivity index (χ4n) is 0.291. The van der Waals surface area contributed by atoms with Gasteiger partial charge >= 0.3 is 0 Å². The second kappa shape index (κ2) is 4.71. The number of aliphatic hydroxyl groups excluding tert-OH is 1. The molecule has 0 aliphatic rings. The van der Waals surface area contributed by atoms with Crippen molar-refractivity contribution in [3.63, 3.8) is 0 Å². The summed E-state index contributed by atoms with van der Waals surface area (Å²) in [4.78, 5) is 20.0. The van der Waals surface area contributed by atoms with E-state index in [1.54, 1.807) is 0 Å². The number of carbonyl (C=O) groups is 2. The molecule has 60 valence electrons. The van der Waals surface area contributed by atoms with Crippen LogP contribution in [0.15, 0.2) is 0 Å². The Morgan fingerprint density at radius 2 is 1.80 bits per heavy atom. The summed E-state index contributed by atoms with van der Waals surface area (Å²) in [6.07, 6.45) is -1.85. The zero-order chi connectivity index (χ0) is 7.44. The van der Waals surface area contributed by atoms with Gasteiger partial charge in [-0.3, -0.25) is 9.59 Å². The van der Waals surface area contributed by atoms with Crippen molar-refractivity contribution in [1.29, 1.82) is 0 Å². The topological polar surface area (TPSA) is 141 Å². The standard InChI is InChI=1S/C4H8N2O3.H3N/c5-3(8)1-2(7)4(6)9;/h2,7H,1H2,(H2,5,8)(H2,6,9);1H3. The maximum atomic E-state index is 10.00. The number of amides is 2. The van der Waals surface area contributed by atoms with Gasteiger partial charge in [0, 0.05) is 0 Å². The van der Waals surface area contributed by atoms with E-state index in [-0.39, 0.29) is 6.15 Å². The predicted octanol–water partition coefficient (Wildman–Crippen LogP) is -2.13. The SMILES string of the molecule is N.NC(=O)CC(O)C(N)=O. The van der Waals surface area contributed by atoms with Gasteiger partial charge in [-0.2, -0.15) is 0 Å². The van der Waals surface area contributed by atoms with Crippen LogP contribution in [0.2, 0.25) is 0 Å². The van der Waals surface area contributed by atoms with Crippen molar-refractivity contribution < 1.29 is 14.7 Å². The molecule has 0 spiro atoms. The van der Waals surface area contributed by atoms with Crippen molar-refractivity contribution in [3.8, 4) is 0 Å². The number of carbonyl (C=O) groups excluding carboxylic acids is 2. The third-order valence-corrected chi connectivity index (χ3v) is 0.723. The molecule has 0 rings (SSSR count). The normalized spacial score (nSPS) is 11.3. The fourth-order valence-corrected chi connectivity index (χ4v) is 0.291. The molecule has 1 unspecified atom stereocenters. The minimum Gasteiger partial charge on any atom is -0.383 e. The summed E-state index contributed by atoms with van der Waals surface area (Å²) < 4.78 is 0. The van der Waals surface area contributed by atoms with Gasteiger partial charge in [0.2, 0.25) is 11.8 Å². The molecule has 8 N–H and O–H groups in total. The maximum absolute atomic E-state index is 10.00.